The van der Waals surface area contributed by atoms with E-state index in [2.05, 4.69) is 9.82 Å². The third-order valence-electron chi connectivity index (χ3n) is 2.83. The summed E-state index contributed by atoms with van der Waals surface area (Å²) in [5.74, 6) is 0.266. The molecule has 19 heavy (non-hydrogen) atoms. The van der Waals surface area contributed by atoms with Gasteiger partial charge in [0.05, 0.1) is 5.69 Å². The lowest BCUT2D eigenvalue weighted by molar-refractivity contribution is 0.600. The molecule has 0 unspecified atom stereocenters. The Hall–Kier alpha value is -2.02. The Bertz CT molecular complexity index is 719. The summed E-state index contributed by atoms with van der Waals surface area (Å²) in [6.07, 6.45) is 1.66. The van der Waals surface area contributed by atoms with Gasteiger partial charge in [0.25, 0.3) is 10.0 Å². The number of rotatable bonds is 3. The Morgan fingerprint density at radius 3 is 2.42 bits per heavy atom. The highest BCUT2D eigenvalue weighted by molar-refractivity contribution is 7.93. The molecular formula is C12H16N4O2S. The first-order valence-electron chi connectivity index (χ1n) is 5.69. The van der Waals surface area contributed by atoms with Gasteiger partial charge in [-0.25, -0.2) is 8.42 Å². The molecule has 0 atom stereocenters. The van der Waals surface area contributed by atoms with Gasteiger partial charge in [0, 0.05) is 19.3 Å². The van der Waals surface area contributed by atoms with E-state index in [9.17, 15) is 8.42 Å². The molecule has 0 bridgehead atoms. The summed E-state index contributed by atoms with van der Waals surface area (Å²) < 4.78 is 28.7. The van der Waals surface area contributed by atoms with E-state index in [0.717, 1.165) is 5.56 Å². The molecule has 2 aromatic rings. The summed E-state index contributed by atoms with van der Waals surface area (Å²) in [6, 6.07) is 5.11. The monoisotopic (exact) mass is 280 g/mol. The van der Waals surface area contributed by atoms with Crippen LogP contribution in [0.2, 0.25) is 0 Å². The van der Waals surface area contributed by atoms with Gasteiger partial charge in [-0.15, -0.1) is 0 Å². The first-order valence-corrected chi connectivity index (χ1v) is 7.18. The Morgan fingerprint density at radius 2 is 1.84 bits per heavy atom. The van der Waals surface area contributed by atoms with Gasteiger partial charge in [-0.05, 0) is 25.0 Å². The lowest BCUT2D eigenvalue weighted by Crippen LogP contribution is -2.17. The van der Waals surface area contributed by atoms with Gasteiger partial charge < -0.3 is 5.73 Å². The van der Waals surface area contributed by atoms with E-state index in [0.29, 0.717) is 5.56 Å². The molecule has 3 N–H and O–H groups in total. The summed E-state index contributed by atoms with van der Waals surface area (Å²) >= 11 is 0. The van der Waals surface area contributed by atoms with Crippen LogP contribution >= 0.6 is 0 Å². The molecule has 1 heterocycles. The van der Waals surface area contributed by atoms with Gasteiger partial charge in [-0.3, -0.25) is 9.40 Å². The van der Waals surface area contributed by atoms with Crippen LogP contribution in [-0.2, 0) is 17.1 Å². The van der Waals surface area contributed by atoms with Crippen LogP contribution < -0.4 is 10.5 Å². The number of hydrogen-bond donors (Lipinski definition) is 2. The van der Waals surface area contributed by atoms with E-state index in [1.807, 2.05) is 0 Å². The van der Waals surface area contributed by atoms with Crippen molar-refractivity contribution in [3.8, 4) is 0 Å². The summed E-state index contributed by atoms with van der Waals surface area (Å²) in [5.41, 5.74) is 7.48. The molecule has 0 radical (unpaired) electrons. The fourth-order valence-electron chi connectivity index (χ4n) is 1.82. The number of nitrogens with two attached hydrogens (primary N) is 1. The summed E-state index contributed by atoms with van der Waals surface area (Å²) in [7, 11) is -2.02. The van der Waals surface area contributed by atoms with Crippen molar-refractivity contribution < 1.29 is 8.42 Å². The normalized spacial score (nSPS) is 11.5. The van der Waals surface area contributed by atoms with Crippen LogP contribution in [0.5, 0.6) is 0 Å². The Morgan fingerprint density at radius 1 is 1.21 bits per heavy atom. The van der Waals surface area contributed by atoms with Crippen LogP contribution in [0.4, 0.5) is 11.5 Å². The van der Waals surface area contributed by atoms with Gasteiger partial charge in [-0.2, -0.15) is 5.10 Å². The second-order valence-electron chi connectivity index (χ2n) is 4.42. The average Bonchev–Trinajstić information content (AvgIpc) is 2.68. The number of nitrogens with one attached hydrogen (secondary N) is 1. The van der Waals surface area contributed by atoms with Crippen molar-refractivity contribution in [2.24, 2.45) is 7.05 Å². The van der Waals surface area contributed by atoms with Crippen LogP contribution in [0.1, 0.15) is 11.1 Å². The van der Waals surface area contributed by atoms with E-state index < -0.39 is 10.0 Å². The molecule has 1 aromatic heterocycles. The maximum absolute atomic E-state index is 12.4. The fourth-order valence-corrected chi connectivity index (χ4v) is 3.25. The second-order valence-corrected chi connectivity index (χ2v) is 6.04. The van der Waals surface area contributed by atoms with Gasteiger partial charge in [0.1, 0.15) is 4.90 Å². The zero-order valence-corrected chi connectivity index (χ0v) is 11.8. The molecule has 0 aliphatic heterocycles. The molecule has 0 saturated heterocycles. The van der Waals surface area contributed by atoms with Gasteiger partial charge in [0.2, 0.25) is 0 Å². The number of aromatic nitrogens is 2. The Balaban J connectivity index is 2.48. The minimum absolute atomic E-state index is 0.109. The van der Waals surface area contributed by atoms with Crippen LogP contribution in [0.25, 0.3) is 0 Å². The predicted molar refractivity (Wildman–Crippen MR) is 74.3 cm³/mol. The third-order valence-corrected chi connectivity index (χ3v) is 4.39. The van der Waals surface area contributed by atoms with Crippen molar-refractivity contribution in [1.29, 1.82) is 0 Å². The van der Waals surface area contributed by atoms with Crippen molar-refractivity contribution in [1.82, 2.24) is 9.78 Å². The first-order chi connectivity index (χ1) is 8.81. The van der Waals surface area contributed by atoms with Crippen molar-refractivity contribution in [2.75, 3.05) is 10.5 Å². The minimum Gasteiger partial charge on any atom is -0.397 e. The highest BCUT2D eigenvalue weighted by Crippen LogP contribution is 2.27. The molecule has 102 valence electrons. The van der Waals surface area contributed by atoms with E-state index in [4.69, 9.17) is 5.73 Å². The van der Waals surface area contributed by atoms with Crippen molar-refractivity contribution in [3.63, 3.8) is 0 Å². The Kier molecular flexibility index (Phi) is 3.23. The topological polar surface area (TPSA) is 90.0 Å². The number of nitrogen functional groups attached to an aromatic ring is 1. The van der Waals surface area contributed by atoms with Crippen LogP contribution in [0, 0.1) is 13.8 Å². The summed E-state index contributed by atoms with van der Waals surface area (Å²) in [5, 5.41) is 3.99. The van der Waals surface area contributed by atoms with Crippen molar-refractivity contribution in [3.05, 3.63) is 35.5 Å². The number of benzene rings is 1. The maximum atomic E-state index is 12.4. The van der Waals surface area contributed by atoms with E-state index >= 15 is 0 Å². The first kappa shape index (κ1) is 13.4. The molecule has 6 nitrogen and oxygen atoms in total. The number of nitrogens with zero attached hydrogens (tertiary/aromatic N) is 2. The largest absolute Gasteiger partial charge is 0.397 e. The van der Waals surface area contributed by atoms with Gasteiger partial charge >= 0.3 is 0 Å². The molecule has 0 amide bonds. The van der Waals surface area contributed by atoms with Crippen molar-refractivity contribution >= 4 is 21.5 Å². The van der Waals surface area contributed by atoms with Crippen molar-refractivity contribution in [2.45, 2.75) is 18.7 Å². The molecule has 0 saturated carbocycles. The number of hydrogen-bond acceptors (Lipinski definition) is 4. The summed E-state index contributed by atoms with van der Waals surface area (Å²) in [4.78, 5) is 0.109. The lowest BCUT2D eigenvalue weighted by atomic mass is 10.1. The number of sulfonamides is 1. The zero-order valence-electron chi connectivity index (χ0n) is 11.0. The fraction of sp³-hybridized carbons (Fsp3) is 0.250. The van der Waals surface area contributed by atoms with Crippen LogP contribution in [-0.4, -0.2) is 18.2 Å². The molecular weight excluding hydrogens is 264 g/mol. The predicted octanol–water partition coefficient (Wildman–Crippen LogP) is 1.42. The SMILES string of the molecule is Cc1ccc(C)c(S(=O)(=O)Nc2ccn(C)n2)c1N. The highest BCUT2D eigenvalue weighted by atomic mass is 32.2. The molecule has 0 aliphatic carbocycles. The standard InChI is InChI=1S/C12H16N4O2S/c1-8-4-5-9(2)12(11(8)13)19(17,18)15-10-6-7-16(3)14-10/h4-7H,13H2,1-3H3,(H,14,15). The number of aryl methyl sites for hydroxylation is 3. The minimum atomic E-state index is -3.73. The third kappa shape index (κ3) is 2.55. The average molecular weight is 280 g/mol. The molecule has 0 fully saturated rings. The van der Waals surface area contributed by atoms with E-state index in [-0.39, 0.29) is 16.4 Å². The molecule has 0 aliphatic rings. The van der Waals surface area contributed by atoms with Gasteiger partial charge in [-0.1, -0.05) is 12.1 Å². The zero-order chi connectivity index (χ0) is 14.2. The molecule has 0 spiro atoms. The van der Waals surface area contributed by atoms with E-state index in [1.165, 1.54) is 4.68 Å². The van der Waals surface area contributed by atoms with Crippen LogP contribution in [0.3, 0.4) is 0 Å². The number of anilines is 2. The summed E-state index contributed by atoms with van der Waals surface area (Å²) in [6.45, 7) is 3.48. The lowest BCUT2D eigenvalue weighted by Gasteiger charge is -2.13. The molecule has 7 heteroatoms. The molecule has 2 rings (SSSR count). The smallest absolute Gasteiger partial charge is 0.265 e. The Labute approximate surface area is 112 Å². The van der Waals surface area contributed by atoms with E-state index in [1.54, 1.807) is 45.3 Å². The van der Waals surface area contributed by atoms with Gasteiger partial charge in [0.15, 0.2) is 5.82 Å². The molecule has 1 aromatic carbocycles. The van der Waals surface area contributed by atoms with Crippen LogP contribution in [0.15, 0.2) is 29.3 Å². The quantitative estimate of drug-likeness (QED) is 0.832. The maximum Gasteiger partial charge on any atom is 0.265 e. The second kappa shape index (κ2) is 4.58. The highest BCUT2D eigenvalue weighted by Gasteiger charge is 2.22.